The Bertz CT molecular complexity index is 440. The Hall–Kier alpha value is -0.970. The maximum atomic E-state index is 12.0. The molecule has 0 saturated carbocycles. The van der Waals surface area contributed by atoms with E-state index in [4.69, 9.17) is 5.14 Å². The first-order valence-electron chi connectivity index (χ1n) is 4.86. The monoisotopic (exact) mass is 222 g/mol. The van der Waals surface area contributed by atoms with Crippen LogP contribution >= 0.6 is 10.7 Å². The summed E-state index contributed by atoms with van der Waals surface area (Å²) in [6.07, 6.45) is 0. The molecule has 1 aliphatic rings. The summed E-state index contributed by atoms with van der Waals surface area (Å²) in [4.78, 5) is 12.7. The van der Waals surface area contributed by atoms with Crippen LogP contribution in [0.2, 0.25) is 0 Å². The summed E-state index contributed by atoms with van der Waals surface area (Å²) in [6, 6.07) is 7.60. The van der Waals surface area contributed by atoms with E-state index in [0.29, 0.717) is 4.99 Å². The number of ketones is 1. The molecule has 3 nitrogen and oxygen atoms in total. The molecule has 1 aromatic carbocycles. The maximum absolute atomic E-state index is 12.0. The van der Waals surface area contributed by atoms with Crippen LogP contribution in [0.25, 0.3) is 0 Å². The van der Waals surface area contributed by atoms with E-state index >= 15 is 0 Å². The minimum Gasteiger partial charge on any atom is -0.287 e. The van der Waals surface area contributed by atoms with E-state index in [1.807, 2.05) is 31.2 Å². The molecule has 2 rings (SSSR count). The molecule has 0 spiro atoms. The number of hydrogen-bond donors (Lipinski definition) is 2. The van der Waals surface area contributed by atoms with Crippen LogP contribution in [0.1, 0.15) is 15.9 Å². The highest BCUT2D eigenvalue weighted by atomic mass is 32.2. The lowest BCUT2D eigenvalue weighted by atomic mass is 10.1. The molecule has 0 aliphatic carbocycles. The number of hydrogen-bond acceptors (Lipinski definition) is 3. The average Bonchev–Trinajstić information content (AvgIpc) is 2.63. The zero-order valence-corrected chi connectivity index (χ0v) is 9.43. The van der Waals surface area contributed by atoms with E-state index in [-0.39, 0.29) is 5.78 Å². The molecule has 0 aromatic heterocycles. The standard InChI is InChI=1S/C11H14N2OS/c1-8-3-2-4-9(7-8)10(14)11-13-5-6-15(11)12/h2-4,7,13H,5-6,12H2,1H3. The number of carbonyl (C=O) groups excluding carboxylic acids is 1. The highest BCUT2D eigenvalue weighted by Crippen LogP contribution is 2.13. The van der Waals surface area contributed by atoms with Crippen LogP contribution < -0.4 is 10.5 Å². The molecule has 80 valence electrons. The first kappa shape index (κ1) is 10.5. The lowest BCUT2D eigenvalue weighted by Gasteiger charge is -2.04. The fourth-order valence-corrected chi connectivity index (χ4v) is 2.76. The number of rotatable bonds is 2. The van der Waals surface area contributed by atoms with Crippen molar-refractivity contribution in [1.82, 2.24) is 5.32 Å². The summed E-state index contributed by atoms with van der Waals surface area (Å²) in [5.74, 6) is 0.911. The van der Waals surface area contributed by atoms with Crippen molar-refractivity contribution in [3.8, 4) is 0 Å². The summed E-state index contributed by atoms with van der Waals surface area (Å²) >= 11 is 0. The zero-order valence-electron chi connectivity index (χ0n) is 8.62. The second-order valence-corrected chi connectivity index (χ2v) is 5.26. The normalized spacial score (nSPS) is 20.7. The molecule has 1 aromatic rings. The van der Waals surface area contributed by atoms with Gasteiger partial charge in [0.2, 0.25) is 5.78 Å². The molecule has 15 heavy (non-hydrogen) atoms. The van der Waals surface area contributed by atoms with Gasteiger partial charge < -0.3 is 0 Å². The van der Waals surface area contributed by atoms with Crippen molar-refractivity contribution in [2.24, 2.45) is 5.14 Å². The lowest BCUT2D eigenvalue weighted by Crippen LogP contribution is -2.27. The quantitative estimate of drug-likeness (QED) is 0.581. The van der Waals surface area contributed by atoms with E-state index in [2.05, 4.69) is 5.32 Å². The molecule has 1 heterocycles. The van der Waals surface area contributed by atoms with Crippen molar-refractivity contribution in [3.05, 3.63) is 35.4 Å². The molecule has 0 bridgehead atoms. The Kier molecular flexibility index (Phi) is 3.00. The van der Waals surface area contributed by atoms with Crippen LogP contribution in [0.15, 0.2) is 24.3 Å². The third kappa shape index (κ3) is 2.17. The Morgan fingerprint density at radius 3 is 2.93 bits per heavy atom. The summed E-state index contributed by atoms with van der Waals surface area (Å²) in [5.41, 5.74) is 1.82. The molecule has 1 aliphatic heterocycles. The van der Waals surface area contributed by atoms with Gasteiger partial charge in [-0.1, -0.05) is 23.8 Å². The Morgan fingerprint density at radius 1 is 1.53 bits per heavy atom. The smallest absolute Gasteiger partial charge is 0.210 e. The van der Waals surface area contributed by atoms with E-state index < -0.39 is 10.7 Å². The fraction of sp³-hybridized carbons (Fsp3) is 0.273. The third-order valence-corrected chi connectivity index (χ3v) is 3.85. The van der Waals surface area contributed by atoms with Crippen LogP contribution in [0.5, 0.6) is 0 Å². The van der Waals surface area contributed by atoms with Crippen LogP contribution in [0.4, 0.5) is 0 Å². The number of aryl methyl sites for hydroxylation is 1. The molecular weight excluding hydrogens is 208 g/mol. The summed E-state index contributed by atoms with van der Waals surface area (Å²) in [7, 11) is -0.392. The van der Waals surface area contributed by atoms with Crippen LogP contribution in [0, 0.1) is 6.92 Å². The maximum Gasteiger partial charge on any atom is 0.210 e. The number of benzene rings is 1. The van der Waals surface area contributed by atoms with Gasteiger partial charge in [0.1, 0.15) is 4.99 Å². The van der Waals surface area contributed by atoms with Gasteiger partial charge in [-0.05, 0) is 13.0 Å². The SMILES string of the molecule is Cc1cccc(C(=O)C2=S(N)CCN2)c1. The first-order chi connectivity index (χ1) is 7.18. The average molecular weight is 222 g/mol. The van der Waals surface area contributed by atoms with Gasteiger partial charge in [0, 0.05) is 17.9 Å². The van der Waals surface area contributed by atoms with Gasteiger partial charge in [0.25, 0.3) is 0 Å². The second-order valence-electron chi connectivity index (χ2n) is 3.59. The van der Waals surface area contributed by atoms with Crippen molar-refractivity contribution in [2.75, 3.05) is 12.3 Å². The second kappa shape index (κ2) is 4.26. The van der Waals surface area contributed by atoms with Gasteiger partial charge in [-0.15, -0.1) is 10.7 Å². The number of Topliss-reactive ketones (excluding diaryl/α,β-unsaturated/α-hetero) is 1. The van der Waals surface area contributed by atoms with Gasteiger partial charge in [-0.3, -0.25) is 15.3 Å². The molecule has 0 fully saturated rings. The molecule has 0 radical (unpaired) electrons. The van der Waals surface area contributed by atoms with E-state index in [0.717, 1.165) is 23.4 Å². The van der Waals surface area contributed by atoms with Crippen molar-refractivity contribution in [2.45, 2.75) is 6.92 Å². The highest BCUT2D eigenvalue weighted by Gasteiger charge is 2.19. The minimum absolute atomic E-state index is 0.0435. The van der Waals surface area contributed by atoms with Crippen molar-refractivity contribution < 1.29 is 4.79 Å². The van der Waals surface area contributed by atoms with Gasteiger partial charge >= 0.3 is 0 Å². The zero-order chi connectivity index (χ0) is 10.8. The van der Waals surface area contributed by atoms with Gasteiger partial charge in [-0.25, -0.2) is 0 Å². The van der Waals surface area contributed by atoms with Crippen molar-refractivity contribution in [1.29, 1.82) is 0 Å². The molecule has 0 saturated heterocycles. The Balaban J connectivity index is 2.32. The predicted octanol–water partition coefficient (Wildman–Crippen LogP) is 1.05. The van der Waals surface area contributed by atoms with Gasteiger partial charge in [0.05, 0.1) is 0 Å². The molecule has 1 atom stereocenters. The molecule has 1 unspecified atom stereocenters. The third-order valence-electron chi connectivity index (χ3n) is 2.36. The van der Waals surface area contributed by atoms with Crippen LogP contribution in [-0.2, 0) is 0 Å². The van der Waals surface area contributed by atoms with Crippen molar-refractivity contribution >= 4 is 21.4 Å². The number of nitrogens with one attached hydrogen (secondary N) is 1. The van der Waals surface area contributed by atoms with E-state index in [1.165, 1.54) is 0 Å². The summed E-state index contributed by atoms with van der Waals surface area (Å²) in [5, 5.41) is 8.94. The molecule has 3 N–H and O–H groups in total. The highest BCUT2D eigenvalue weighted by molar-refractivity contribution is 8.15. The molecule has 0 amide bonds. The topological polar surface area (TPSA) is 55.1 Å². The molecular formula is C11H14N2OS. The summed E-state index contributed by atoms with van der Waals surface area (Å²) < 4.78 is 0. The van der Waals surface area contributed by atoms with Gasteiger partial charge in [-0.2, -0.15) is 0 Å². The lowest BCUT2D eigenvalue weighted by molar-refractivity contribution is 0.106. The van der Waals surface area contributed by atoms with E-state index in [9.17, 15) is 4.79 Å². The predicted molar refractivity (Wildman–Crippen MR) is 65.2 cm³/mol. The van der Waals surface area contributed by atoms with E-state index in [1.54, 1.807) is 0 Å². The van der Waals surface area contributed by atoms with Crippen molar-refractivity contribution in [3.63, 3.8) is 0 Å². The number of carbonyl (C=O) groups is 1. The largest absolute Gasteiger partial charge is 0.287 e. The number of nitrogens with two attached hydrogens (primary N) is 1. The Morgan fingerprint density at radius 2 is 2.33 bits per heavy atom. The first-order valence-corrected chi connectivity index (χ1v) is 6.31. The summed E-state index contributed by atoms with van der Waals surface area (Å²) in [6.45, 7) is 2.79. The molecule has 4 heteroatoms. The van der Waals surface area contributed by atoms with Gasteiger partial charge in [0.15, 0.2) is 0 Å². The van der Waals surface area contributed by atoms with Crippen LogP contribution in [0.3, 0.4) is 0 Å². The van der Waals surface area contributed by atoms with Crippen LogP contribution in [-0.4, -0.2) is 23.1 Å². The minimum atomic E-state index is -0.392. The fourth-order valence-electron chi connectivity index (χ4n) is 1.59. The Labute approximate surface area is 91.7 Å².